The summed E-state index contributed by atoms with van der Waals surface area (Å²) in [6.45, 7) is 7.80. The number of nitrogens with zero attached hydrogens (tertiary/aromatic N) is 4. The highest BCUT2D eigenvalue weighted by Gasteiger charge is 2.30. The van der Waals surface area contributed by atoms with Crippen LogP contribution in [-0.2, 0) is 22.5 Å². The van der Waals surface area contributed by atoms with Crippen molar-refractivity contribution < 1.29 is 9.53 Å². The second-order valence-corrected chi connectivity index (χ2v) is 7.11. The van der Waals surface area contributed by atoms with Crippen molar-refractivity contribution in [3.05, 3.63) is 17.1 Å². The van der Waals surface area contributed by atoms with Crippen LogP contribution in [0.15, 0.2) is 0 Å². The number of amides is 1. The molecule has 0 spiro atoms. The monoisotopic (exact) mass is 345 g/mol. The second kappa shape index (κ2) is 7.25. The highest BCUT2D eigenvalue weighted by molar-refractivity contribution is 5.81. The lowest BCUT2D eigenvalue weighted by atomic mass is 10.1. The first-order valence-corrected chi connectivity index (χ1v) is 9.45. The van der Waals surface area contributed by atoms with E-state index in [0.29, 0.717) is 0 Å². The quantitative estimate of drug-likeness (QED) is 0.849. The van der Waals surface area contributed by atoms with Gasteiger partial charge < -0.3 is 19.9 Å². The Kier molecular flexibility index (Phi) is 4.85. The van der Waals surface area contributed by atoms with Gasteiger partial charge in [-0.2, -0.15) is 0 Å². The molecule has 7 heteroatoms. The molecule has 1 amide bonds. The number of nitrogens with one attached hydrogen (secondary N) is 1. The Morgan fingerprint density at radius 3 is 2.96 bits per heavy atom. The molecule has 1 aromatic heterocycles. The first-order valence-electron chi connectivity index (χ1n) is 9.45. The minimum absolute atomic E-state index is 0.171. The summed E-state index contributed by atoms with van der Waals surface area (Å²) < 4.78 is 5.58. The molecule has 1 atom stereocenters. The Bertz CT molecular complexity index is 645. The van der Waals surface area contributed by atoms with Gasteiger partial charge >= 0.3 is 0 Å². The minimum Gasteiger partial charge on any atom is -0.368 e. The summed E-state index contributed by atoms with van der Waals surface area (Å²) in [5.74, 6) is 2.08. The molecular weight excluding hydrogens is 318 g/mol. The molecule has 7 nitrogen and oxygen atoms in total. The zero-order chi connectivity index (χ0) is 17.2. The fourth-order valence-electron chi connectivity index (χ4n) is 4.05. The van der Waals surface area contributed by atoms with E-state index in [0.717, 1.165) is 88.9 Å². The summed E-state index contributed by atoms with van der Waals surface area (Å²) >= 11 is 0. The standard InChI is InChI=1S/C18H27N5O2/c1-13-20-15-12-19-6-5-14(15)17(21-13)22-7-3-8-23(10-9-22)18(24)16-4-2-11-25-16/h16,19H,2-12H2,1H3. The van der Waals surface area contributed by atoms with E-state index < -0.39 is 0 Å². The summed E-state index contributed by atoms with van der Waals surface area (Å²) in [5, 5.41) is 3.39. The Morgan fingerprint density at radius 2 is 2.12 bits per heavy atom. The Hall–Kier alpha value is -1.73. The number of anilines is 1. The molecule has 0 saturated carbocycles. The maximum Gasteiger partial charge on any atom is 0.251 e. The van der Waals surface area contributed by atoms with E-state index in [-0.39, 0.29) is 12.0 Å². The predicted molar refractivity (Wildman–Crippen MR) is 94.6 cm³/mol. The van der Waals surface area contributed by atoms with E-state index in [1.54, 1.807) is 0 Å². The second-order valence-electron chi connectivity index (χ2n) is 7.11. The lowest BCUT2D eigenvalue weighted by Crippen LogP contribution is -2.41. The van der Waals surface area contributed by atoms with Crippen LogP contribution in [0, 0.1) is 6.92 Å². The molecular formula is C18H27N5O2. The molecule has 2 saturated heterocycles. The molecule has 1 unspecified atom stereocenters. The average Bonchev–Trinajstić information content (AvgIpc) is 3.05. The number of rotatable bonds is 2. The molecule has 0 bridgehead atoms. The molecule has 4 heterocycles. The normalized spacial score (nSPS) is 24.1. The topological polar surface area (TPSA) is 70.6 Å². The van der Waals surface area contributed by atoms with Crippen LogP contribution in [0.1, 0.15) is 36.3 Å². The molecule has 0 radical (unpaired) electrons. The first-order chi connectivity index (χ1) is 12.2. The van der Waals surface area contributed by atoms with Crippen molar-refractivity contribution in [2.24, 2.45) is 0 Å². The fraction of sp³-hybridized carbons (Fsp3) is 0.722. The number of carbonyl (C=O) groups excluding carboxylic acids is 1. The van der Waals surface area contributed by atoms with Crippen molar-refractivity contribution in [3.8, 4) is 0 Å². The number of ether oxygens (including phenoxy) is 1. The lowest BCUT2D eigenvalue weighted by molar-refractivity contribution is -0.140. The third kappa shape index (κ3) is 3.48. The molecule has 1 N–H and O–H groups in total. The van der Waals surface area contributed by atoms with Crippen LogP contribution in [0.25, 0.3) is 0 Å². The summed E-state index contributed by atoms with van der Waals surface area (Å²) in [4.78, 5) is 26.3. The van der Waals surface area contributed by atoms with Crippen LogP contribution in [0.5, 0.6) is 0 Å². The van der Waals surface area contributed by atoms with Gasteiger partial charge in [0.2, 0.25) is 0 Å². The van der Waals surface area contributed by atoms with Gasteiger partial charge in [-0.1, -0.05) is 0 Å². The molecule has 2 fully saturated rings. The van der Waals surface area contributed by atoms with Crippen LogP contribution in [0.4, 0.5) is 5.82 Å². The van der Waals surface area contributed by atoms with Crippen molar-refractivity contribution in [2.45, 2.75) is 45.3 Å². The van der Waals surface area contributed by atoms with Crippen LogP contribution in [0.3, 0.4) is 0 Å². The number of hydrogen-bond acceptors (Lipinski definition) is 6. The summed E-state index contributed by atoms with van der Waals surface area (Å²) in [7, 11) is 0. The SMILES string of the molecule is Cc1nc2c(c(N3CCCN(C(=O)C4CCCO4)CC3)n1)CCNC2. The molecule has 0 aromatic carbocycles. The van der Waals surface area contributed by atoms with Crippen molar-refractivity contribution in [2.75, 3.05) is 44.2 Å². The van der Waals surface area contributed by atoms with E-state index in [2.05, 4.69) is 15.2 Å². The summed E-state index contributed by atoms with van der Waals surface area (Å²) in [6, 6.07) is 0. The molecule has 3 aliphatic heterocycles. The molecule has 3 aliphatic rings. The van der Waals surface area contributed by atoms with Crippen LogP contribution >= 0.6 is 0 Å². The van der Waals surface area contributed by atoms with Crippen molar-refractivity contribution in [1.82, 2.24) is 20.2 Å². The summed E-state index contributed by atoms with van der Waals surface area (Å²) in [6.07, 6.45) is 3.59. The Labute approximate surface area is 148 Å². The number of carbonyl (C=O) groups is 1. The highest BCUT2D eigenvalue weighted by Crippen LogP contribution is 2.25. The van der Waals surface area contributed by atoms with Gasteiger partial charge in [0.05, 0.1) is 5.69 Å². The zero-order valence-electron chi connectivity index (χ0n) is 15.0. The van der Waals surface area contributed by atoms with Gasteiger partial charge in [0.1, 0.15) is 17.7 Å². The van der Waals surface area contributed by atoms with Gasteiger partial charge in [-0.3, -0.25) is 4.79 Å². The number of fused-ring (bicyclic) bond motifs is 1. The minimum atomic E-state index is -0.216. The van der Waals surface area contributed by atoms with Crippen LogP contribution < -0.4 is 10.2 Å². The van der Waals surface area contributed by atoms with Crippen molar-refractivity contribution >= 4 is 11.7 Å². The van der Waals surface area contributed by atoms with Crippen molar-refractivity contribution in [3.63, 3.8) is 0 Å². The molecule has 25 heavy (non-hydrogen) atoms. The van der Waals surface area contributed by atoms with E-state index in [1.807, 2.05) is 11.8 Å². The van der Waals surface area contributed by atoms with Gasteiger partial charge in [-0.15, -0.1) is 0 Å². The van der Waals surface area contributed by atoms with E-state index in [4.69, 9.17) is 9.72 Å². The molecule has 136 valence electrons. The molecule has 4 rings (SSSR count). The average molecular weight is 345 g/mol. The third-order valence-corrected chi connectivity index (χ3v) is 5.34. The Balaban J connectivity index is 1.49. The fourth-order valence-corrected chi connectivity index (χ4v) is 4.05. The first kappa shape index (κ1) is 16.7. The van der Waals surface area contributed by atoms with Gasteiger partial charge in [-0.25, -0.2) is 9.97 Å². The van der Waals surface area contributed by atoms with Gasteiger partial charge in [-0.05, 0) is 39.2 Å². The number of hydrogen-bond donors (Lipinski definition) is 1. The smallest absolute Gasteiger partial charge is 0.251 e. The van der Waals surface area contributed by atoms with E-state index >= 15 is 0 Å². The molecule has 1 aromatic rings. The maximum absolute atomic E-state index is 12.6. The third-order valence-electron chi connectivity index (χ3n) is 5.34. The van der Waals surface area contributed by atoms with Gasteiger partial charge in [0, 0.05) is 44.9 Å². The van der Waals surface area contributed by atoms with Gasteiger partial charge in [0.15, 0.2) is 0 Å². The van der Waals surface area contributed by atoms with Crippen LogP contribution in [-0.4, -0.2) is 66.2 Å². The van der Waals surface area contributed by atoms with E-state index in [9.17, 15) is 4.79 Å². The highest BCUT2D eigenvalue weighted by atomic mass is 16.5. The molecule has 0 aliphatic carbocycles. The van der Waals surface area contributed by atoms with Crippen molar-refractivity contribution in [1.29, 1.82) is 0 Å². The largest absolute Gasteiger partial charge is 0.368 e. The zero-order valence-corrected chi connectivity index (χ0v) is 15.0. The Morgan fingerprint density at radius 1 is 1.20 bits per heavy atom. The predicted octanol–water partition coefficient (Wildman–Crippen LogP) is 0.648. The lowest BCUT2D eigenvalue weighted by Gasteiger charge is -2.28. The van der Waals surface area contributed by atoms with E-state index in [1.165, 1.54) is 5.56 Å². The maximum atomic E-state index is 12.6. The van der Waals surface area contributed by atoms with Gasteiger partial charge in [0.25, 0.3) is 5.91 Å². The number of aryl methyl sites for hydroxylation is 1. The summed E-state index contributed by atoms with van der Waals surface area (Å²) in [5.41, 5.74) is 2.41. The van der Waals surface area contributed by atoms with Crippen LogP contribution in [0.2, 0.25) is 0 Å². The number of aromatic nitrogens is 2.